The van der Waals surface area contributed by atoms with E-state index in [1.807, 2.05) is 72.8 Å². The standard InChI is InChI=1S/C26H24N2O5/c1-29-20-12-10-17(11-13-20)14-21(19-15-22(30-2)24(32-4)23(16-19)31-3)26-28-27-25(33-26)18-8-6-5-7-9-18/h5-16H,1-4H3/b21-14+. The van der Waals surface area contributed by atoms with E-state index in [4.69, 9.17) is 23.4 Å². The Labute approximate surface area is 192 Å². The largest absolute Gasteiger partial charge is 0.497 e. The molecule has 0 saturated heterocycles. The predicted octanol–water partition coefficient (Wildman–Crippen LogP) is 5.36. The first kappa shape index (κ1) is 22.0. The third-order valence-electron chi connectivity index (χ3n) is 5.08. The number of hydrogen-bond donors (Lipinski definition) is 0. The van der Waals surface area contributed by atoms with Crippen LogP contribution < -0.4 is 18.9 Å². The molecule has 0 amide bonds. The molecule has 0 atom stereocenters. The fourth-order valence-electron chi connectivity index (χ4n) is 3.40. The molecule has 7 heteroatoms. The number of benzene rings is 3. The zero-order chi connectivity index (χ0) is 23.2. The van der Waals surface area contributed by atoms with Crippen LogP contribution in [-0.2, 0) is 0 Å². The normalized spacial score (nSPS) is 11.2. The molecule has 0 bridgehead atoms. The summed E-state index contributed by atoms with van der Waals surface area (Å²) in [5.74, 6) is 3.11. The minimum Gasteiger partial charge on any atom is -0.497 e. The molecule has 168 valence electrons. The van der Waals surface area contributed by atoms with Crippen LogP contribution in [0.4, 0.5) is 0 Å². The highest BCUT2D eigenvalue weighted by Crippen LogP contribution is 2.41. The first-order chi connectivity index (χ1) is 16.2. The summed E-state index contributed by atoms with van der Waals surface area (Å²) in [7, 11) is 6.36. The van der Waals surface area contributed by atoms with E-state index in [1.165, 1.54) is 0 Å². The Kier molecular flexibility index (Phi) is 6.59. The quantitative estimate of drug-likeness (QED) is 0.339. The number of hydrogen-bond acceptors (Lipinski definition) is 7. The van der Waals surface area contributed by atoms with E-state index in [0.29, 0.717) is 34.6 Å². The van der Waals surface area contributed by atoms with Gasteiger partial charge in [-0.2, -0.15) is 0 Å². The summed E-state index contributed by atoms with van der Waals surface area (Å²) in [5.41, 5.74) is 3.24. The summed E-state index contributed by atoms with van der Waals surface area (Å²) in [6, 6.07) is 21.0. The lowest BCUT2D eigenvalue weighted by atomic mass is 10.0. The maximum atomic E-state index is 6.08. The molecular weight excluding hydrogens is 420 g/mol. The van der Waals surface area contributed by atoms with Crippen LogP contribution in [0.3, 0.4) is 0 Å². The molecule has 3 aromatic carbocycles. The van der Waals surface area contributed by atoms with Gasteiger partial charge in [0.05, 0.1) is 28.4 Å². The number of aromatic nitrogens is 2. The number of rotatable bonds is 8. The Balaban J connectivity index is 1.87. The monoisotopic (exact) mass is 444 g/mol. The van der Waals surface area contributed by atoms with Gasteiger partial charge in [0.2, 0.25) is 17.5 Å². The zero-order valence-electron chi connectivity index (χ0n) is 18.9. The highest BCUT2D eigenvalue weighted by Gasteiger charge is 2.20. The van der Waals surface area contributed by atoms with Crippen molar-refractivity contribution in [3.63, 3.8) is 0 Å². The lowest BCUT2D eigenvalue weighted by Gasteiger charge is -2.15. The zero-order valence-corrected chi connectivity index (χ0v) is 18.9. The van der Waals surface area contributed by atoms with Crippen LogP contribution >= 0.6 is 0 Å². The van der Waals surface area contributed by atoms with Gasteiger partial charge in [0.1, 0.15) is 5.75 Å². The minimum atomic E-state index is 0.360. The molecular formula is C26H24N2O5. The average Bonchev–Trinajstić information content (AvgIpc) is 3.37. The molecule has 1 heterocycles. The molecule has 0 radical (unpaired) electrons. The van der Waals surface area contributed by atoms with Crippen LogP contribution in [0.5, 0.6) is 23.0 Å². The fourth-order valence-corrected chi connectivity index (χ4v) is 3.40. The van der Waals surface area contributed by atoms with Gasteiger partial charge in [0.15, 0.2) is 11.5 Å². The summed E-state index contributed by atoms with van der Waals surface area (Å²) < 4.78 is 27.9. The van der Waals surface area contributed by atoms with Crippen molar-refractivity contribution in [1.82, 2.24) is 10.2 Å². The van der Waals surface area contributed by atoms with Crippen LogP contribution in [0.1, 0.15) is 17.0 Å². The first-order valence-electron chi connectivity index (χ1n) is 10.2. The van der Waals surface area contributed by atoms with Gasteiger partial charge in [-0.15, -0.1) is 10.2 Å². The van der Waals surface area contributed by atoms with Crippen LogP contribution in [0.2, 0.25) is 0 Å². The Morgan fingerprint density at radius 2 is 1.42 bits per heavy atom. The molecule has 1 aromatic heterocycles. The van der Waals surface area contributed by atoms with E-state index in [0.717, 1.165) is 22.4 Å². The van der Waals surface area contributed by atoms with Gasteiger partial charge in [-0.3, -0.25) is 0 Å². The predicted molar refractivity (Wildman–Crippen MR) is 126 cm³/mol. The summed E-state index contributed by atoms with van der Waals surface area (Å²) in [6.45, 7) is 0. The third-order valence-corrected chi connectivity index (χ3v) is 5.08. The summed E-state index contributed by atoms with van der Waals surface area (Å²) in [6.07, 6.45) is 1.96. The summed E-state index contributed by atoms with van der Waals surface area (Å²) in [4.78, 5) is 0. The maximum Gasteiger partial charge on any atom is 0.248 e. The second kappa shape index (κ2) is 9.91. The molecule has 0 aliphatic heterocycles. The molecule has 33 heavy (non-hydrogen) atoms. The van der Waals surface area contributed by atoms with E-state index in [2.05, 4.69) is 10.2 Å². The highest BCUT2D eigenvalue weighted by atomic mass is 16.5. The molecule has 7 nitrogen and oxygen atoms in total. The molecule has 0 saturated carbocycles. The molecule has 4 rings (SSSR count). The van der Waals surface area contributed by atoms with Crippen LogP contribution in [0, 0.1) is 0 Å². The second-order valence-electron chi connectivity index (χ2n) is 7.02. The van der Waals surface area contributed by atoms with E-state index in [-0.39, 0.29) is 0 Å². The van der Waals surface area contributed by atoms with E-state index in [1.54, 1.807) is 28.4 Å². The Bertz CT molecular complexity index is 1220. The van der Waals surface area contributed by atoms with E-state index in [9.17, 15) is 0 Å². The lowest BCUT2D eigenvalue weighted by molar-refractivity contribution is 0.324. The summed E-state index contributed by atoms with van der Waals surface area (Å²) >= 11 is 0. The Hall–Kier alpha value is -4.26. The van der Waals surface area contributed by atoms with Gasteiger partial charge in [0.25, 0.3) is 0 Å². The van der Waals surface area contributed by atoms with Crippen molar-refractivity contribution >= 4 is 11.6 Å². The van der Waals surface area contributed by atoms with Crippen molar-refractivity contribution < 1.29 is 23.4 Å². The molecule has 0 aliphatic carbocycles. The van der Waals surface area contributed by atoms with E-state index >= 15 is 0 Å². The molecule has 0 aliphatic rings. The molecule has 0 spiro atoms. The Morgan fingerprint density at radius 3 is 2.00 bits per heavy atom. The van der Waals surface area contributed by atoms with Crippen molar-refractivity contribution in [2.45, 2.75) is 0 Å². The molecule has 0 N–H and O–H groups in total. The number of methoxy groups -OCH3 is 4. The number of nitrogens with zero attached hydrogens (tertiary/aromatic N) is 2. The molecule has 0 fully saturated rings. The molecule has 0 unspecified atom stereocenters. The van der Waals surface area contributed by atoms with Crippen molar-refractivity contribution in [2.75, 3.05) is 28.4 Å². The average molecular weight is 444 g/mol. The van der Waals surface area contributed by atoms with Gasteiger partial charge in [-0.05, 0) is 53.6 Å². The van der Waals surface area contributed by atoms with Crippen molar-refractivity contribution in [3.05, 3.63) is 83.7 Å². The van der Waals surface area contributed by atoms with Crippen molar-refractivity contribution in [3.8, 4) is 34.5 Å². The SMILES string of the molecule is COc1ccc(/C=C(\c2cc(OC)c(OC)c(OC)c2)c2nnc(-c3ccccc3)o2)cc1. The van der Waals surface area contributed by atoms with Gasteiger partial charge >= 0.3 is 0 Å². The van der Waals surface area contributed by atoms with Gasteiger partial charge in [0, 0.05) is 11.1 Å². The second-order valence-corrected chi connectivity index (χ2v) is 7.02. The maximum absolute atomic E-state index is 6.08. The van der Waals surface area contributed by atoms with Crippen LogP contribution in [0.25, 0.3) is 23.1 Å². The van der Waals surface area contributed by atoms with Gasteiger partial charge in [-0.1, -0.05) is 30.3 Å². The van der Waals surface area contributed by atoms with Gasteiger partial charge < -0.3 is 23.4 Å². The Morgan fingerprint density at radius 1 is 0.758 bits per heavy atom. The highest BCUT2D eigenvalue weighted by molar-refractivity contribution is 5.90. The minimum absolute atomic E-state index is 0.360. The van der Waals surface area contributed by atoms with Gasteiger partial charge in [-0.25, -0.2) is 0 Å². The molecule has 4 aromatic rings. The topological polar surface area (TPSA) is 75.8 Å². The lowest BCUT2D eigenvalue weighted by Crippen LogP contribution is -1.98. The van der Waals surface area contributed by atoms with Crippen molar-refractivity contribution in [1.29, 1.82) is 0 Å². The van der Waals surface area contributed by atoms with Crippen LogP contribution in [-0.4, -0.2) is 38.6 Å². The first-order valence-corrected chi connectivity index (χ1v) is 10.2. The van der Waals surface area contributed by atoms with Crippen LogP contribution in [0.15, 0.2) is 71.1 Å². The van der Waals surface area contributed by atoms with E-state index < -0.39 is 0 Å². The smallest absolute Gasteiger partial charge is 0.248 e. The summed E-state index contributed by atoms with van der Waals surface area (Å²) in [5, 5.41) is 8.59. The number of ether oxygens (including phenoxy) is 4. The van der Waals surface area contributed by atoms with Crippen molar-refractivity contribution in [2.24, 2.45) is 0 Å². The third kappa shape index (κ3) is 4.67. The fraction of sp³-hybridized carbons (Fsp3) is 0.154.